The lowest BCUT2D eigenvalue weighted by atomic mass is 9.87. The van der Waals surface area contributed by atoms with Crippen LogP contribution in [0.1, 0.15) is 99.0 Å². The summed E-state index contributed by atoms with van der Waals surface area (Å²) in [5.41, 5.74) is 1.78. The number of urea groups is 2. The first-order valence-electron chi connectivity index (χ1n) is 25.4. The van der Waals surface area contributed by atoms with Crippen LogP contribution in [0.25, 0.3) is 11.3 Å². The van der Waals surface area contributed by atoms with Crippen molar-refractivity contribution in [2.75, 3.05) is 56.4 Å². The van der Waals surface area contributed by atoms with Gasteiger partial charge in [-0.25, -0.2) is 39.5 Å². The SMILES string of the molecule is Cc1ncc(-c2ccnc(NC(=O)N3c4nc(C(=O)CCC(F)(F)F)ccc4N4CC[C@H]3C4)c2)o1.Cc1ncc(B2OC(C)(C)C(C)(C)O2)o1.O=C(CCC(F)(F)F)c1ccc2c(n1)N(C(=O)Nc1cc(Br)ccn1)[C@H]1CCN2C1. The highest BCUT2D eigenvalue weighted by Gasteiger charge is 2.53. The van der Waals surface area contributed by atoms with Gasteiger partial charge in [-0.1, -0.05) is 15.9 Å². The molecule has 0 aromatic carbocycles. The Kier molecular flexibility index (Phi) is 16.2. The molecular weight excluding hydrogens is 1130 g/mol. The summed E-state index contributed by atoms with van der Waals surface area (Å²) in [5, 5.41) is 5.49. The van der Waals surface area contributed by atoms with E-state index in [1.165, 1.54) is 34.3 Å². The quantitative estimate of drug-likeness (QED) is 0.0738. The maximum atomic E-state index is 13.4. The molecule has 28 heteroatoms. The first-order chi connectivity index (χ1) is 37.7. The predicted octanol–water partition coefficient (Wildman–Crippen LogP) is 10.3. The van der Waals surface area contributed by atoms with E-state index in [1.54, 1.807) is 62.6 Å². The van der Waals surface area contributed by atoms with Crippen molar-refractivity contribution in [3.8, 4) is 11.3 Å². The molecule has 0 radical (unpaired) electrons. The number of aryl methyl sites for hydroxylation is 2. The smallest absolute Gasteiger partial charge is 0.450 e. The number of Topliss-reactive ketones (excluding diaryl/α,β-unsaturated/α-hetero) is 2. The number of carbonyl (C=O) groups excluding carboxylic acids is 4. The number of anilines is 6. The minimum absolute atomic E-state index is 0.0844. The summed E-state index contributed by atoms with van der Waals surface area (Å²) in [7, 11) is -0.448. The Labute approximate surface area is 463 Å². The molecule has 3 fully saturated rings. The summed E-state index contributed by atoms with van der Waals surface area (Å²) in [6.45, 7) is 14.2. The van der Waals surface area contributed by atoms with Crippen molar-refractivity contribution < 1.29 is 63.7 Å². The number of rotatable bonds is 10. The second kappa shape index (κ2) is 22.6. The maximum Gasteiger partial charge on any atom is 0.534 e. The molecule has 2 N–H and O–H groups in total. The number of carbonyl (C=O) groups is 4. The van der Waals surface area contributed by atoms with E-state index in [0.717, 1.165) is 11.0 Å². The highest BCUT2D eigenvalue weighted by Crippen LogP contribution is 2.42. The number of aromatic nitrogens is 6. The van der Waals surface area contributed by atoms with Gasteiger partial charge < -0.3 is 27.9 Å². The monoisotopic (exact) mass is 1180 g/mol. The van der Waals surface area contributed by atoms with Gasteiger partial charge in [-0.15, -0.1) is 0 Å². The Morgan fingerprint density at radius 2 is 1.14 bits per heavy atom. The molecule has 3 saturated heterocycles. The van der Waals surface area contributed by atoms with Gasteiger partial charge in [0.25, 0.3) is 0 Å². The molecule has 0 aliphatic carbocycles. The van der Waals surface area contributed by atoms with E-state index in [4.69, 9.17) is 18.1 Å². The van der Waals surface area contributed by atoms with Crippen LogP contribution in [-0.4, -0.2) is 122 Å². The second-order valence-corrected chi connectivity index (χ2v) is 21.4. The number of ketones is 2. The summed E-state index contributed by atoms with van der Waals surface area (Å²) in [4.78, 5) is 83.1. The molecule has 6 aromatic rings. The van der Waals surface area contributed by atoms with Crippen LogP contribution in [0.3, 0.4) is 0 Å². The van der Waals surface area contributed by atoms with Crippen molar-refractivity contribution in [3.05, 3.63) is 101 Å². The standard InChI is InChI=1S/C23H21F3N6O3.C19H17BrF3N5O2.C10H16BNO3/c1-13-28-11-19(35-13)14-5-8-27-20(10-14)30-22(34)32-15-6-9-31(12-15)17-3-2-16(29-21(17)32)18(33)4-7-23(24,25)26;20-11-4-7-24-16(9-11)26-18(30)28-12-5-8-27(10-12)14-2-1-13(25-17(14)28)15(29)3-6-19(21,22)23;1-7-12-6-8(13-7)11-14-9(2,3)10(4,5)15-11/h2-3,5,8,10-11,15H,4,6-7,9,12H2,1H3,(H,27,30,34);1-2,4,7,9,12H,3,5-6,8,10H2,(H,24,26,30);6H,1-5H3/t15-;12-;/m00./s1. The van der Waals surface area contributed by atoms with Crippen molar-refractivity contribution in [1.82, 2.24) is 29.9 Å². The zero-order valence-corrected chi connectivity index (χ0v) is 45.7. The van der Waals surface area contributed by atoms with Crippen LogP contribution < -0.4 is 35.9 Å². The molecule has 11 rings (SSSR count). The lowest BCUT2D eigenvalue weighted by Gasteiger charge is -2.35. The molecule has 4 amide bonds. The molecule has 422 valence electrons. The highest BCUT2D eigenvalue weighted by molar-refractivity contribution is 9.10. The van der Waals surface area contributed by atoms with Crippen molar-refractivity contribution in [3.63, 3.8) is 0 Å². The van der Waals surface area contributed by atoms with Crippen LogP contribution >= 0.6 is 15.9 Å². The average molecular weight is 1180 g/mol. The van der Waals surface area contributed by atoms with Gasteiger partial charge in [-0.2, -0.15) is 26.3 Å². The van der Waals surface area contributed by atoms with E-state index in [1.807, 2.05) is 32.6 Å². The van der Waals surface area contributed by atoms with E-state index in [0.29, 0.717) is 78.4 Å². The fraction of sp³-hybridized carbons (Fsp3) is 0.423. The van der Waals surface area contributed by atoms with Gasteiger partial charge in [0.15, 0.2) is 46.4 Å². The molecule has 0 saturated carbocycles. The third-order valence-corrected chi connectivity index (χ3v) is 14.7. The van der Waals surface area contributed by atoms with Crippen molar-refractivity contribution >= 4 is 87.0 Å². The number of oxazole rings is 2. The van der Waals surface area contributed by atoms with Crippen LogP contribution in [0.4, 0.5) is 70.6 Å². The fourth-order valence-electron chi connectivity index (χ4n) is 9.43. The van der Waals surface area contributed by atoms with Gasteiger partial charge in [0, 0.05) is 75.3 Å². The summed E-state index contributed by atoms with van der Waals surface area (Å²) in [6, 6.07) is 11.5. The largest absolute Gasteiger partial charge is 0.534 e. The number of nitrogens with zero attached hydrogens (tertiary/aromatic N) is 10. The van der Waals surface area contributed by atoms with Crippen molar-refractivity contribution in [1.29, 1.82) is 0 Å². The van der Waals surface area contributed by atoms with Crippen LogP contribution in [-0.2, 0) is 9.31 Å². The zero-order valence-electron chi connectivity index (χ0n) is 44.1. The molecule has 20 nitrogen and oxygen atoms in total. The number of hydrogen-bond donors (Lipinski definition) is 2. The van der Waals surface area contributed by atoms with E-state index in [-0.39, 0.29) is 52.1 Å². The summed E-state index contributed by atoms with van der Waals surface area (Å²) < 4.78 is 98.4. The minimum Gasteiger partial charge on any atom is -0.450 e. The summed E-state index contributed by atoms with van der Waals surface area (Å²) >= 11 is 3.32. The lowest BCUT2D eigenvalue weighted by Crippen LogP contribution is -2.48. The van der Waals surface area contributed by atoms with Crippen LogP contribution in [0.5, 0.6) is 0 Å². The minimum atomic E-state index is -4.44. The Balaban J connectivity index is 0.000000156. The zero-order chi connectivity index (χ0) is 57.5. The number of amides is 4. The molecule has 80 heavy (non-hydrogen) atoms. The van der Waals surface area contributed by atoms with Gasteiger partial charge in [0.2, 0.25) is 0 Å². The molecule has 2 atom stereocenters. The number of halogens is 7. The predicted molar refractivity (Wildman–Crippen MR) is 285 cm³/mol. The Hall–Kier alpha value is -7.46. The summed E-state index contributed by atoms with van der Waals surface area (Å²) in [5.74, 6) is 1.36. The highest BCUT2D eigenvalue weighted by atomic mass is 79.9. The maximum absolute atomic E-state index is 13.4. The van der Waals surface area contributed by atoms with Gasteiger partial charge in [-0.3, -0.25) is 30.0 Å². The lowest BCUT2D eigenvalue weighted by molar-refractivity contribution is -0.134. The first kappa shape index (κ1) is 57.2. The third-order valence-electron chi connectivity index (χ3n) is 14.2. The Morgan fingerprint density at radius 1 is 0.662 bits per heavy atom. The van der Waals surface area contributed by atoms with Crippen molar-refractivity contribution in [2.45, 2.75) is 116 Å². The van der Waals surface area contributed by atoms with Crippen molar-refractivity contribution in [2.24, 2.45) is 0 Å². The fourth-order valence-corrected chi connectivity index (χ4v) is 9.76. The number of fused-ring (bicyclic) bond motifs is 8. The Morgan fingerprint density at radius 3 is 1.59 bits per heavy atom. The van der Waals surface area contributed by atoms with E-state index in [2.05, 4.69) is 61.4 Å². The number of hydrogen-bond acceptors (Lipinski definition) is 16. The van der Waals surface area contributed by atoms with E-state index >= 15 is 0 Å². The molecule has 4 bridgehead atoms. The van der Waals surface area contributed by atoms with E-state index < -0.39 is 68.8 Å². The molecule has 11 heterocycles. The number of pyridine rings is 4. The third kappa shape index (κ3) is 13.1. The molecular formula is C52H54BBrF6N12O8. The average Bonchev–Trinajstić information content (AvgIpc) is 4.25. The molecule has 6 aromatic heterocycles. The topological polar surface area (TPSA) is 227 Å². The number of nitrogens with one attached hydrogen (secondary N) is 2. The van der Waals surface area contributed by atoms with Gasteiger partial charge in [0.05, 0.1) is 59.9 Å². The molecule has 0 spiro atoms. The van der Waals surface area contributed by atoms with Gasteiger partial charge in [0.1, 0.15) is 23.0 Å². The first-order valence-corrected chi connectivity index (χ1v) is 26.2. The van der Waals surface area contributed by atoms with Crippen LogP contribution in [0.15, 0.2) is 86.6 Å². The van der Waals surface area contributed by atoms with Crippen LogP contribution in [0, 0.1) is 13.8 Å². The Bertz CT molecular complexity index is 3290. The molecule has 5 aliphatic heterocycles. The van der Waals surface area contributed by atoms with Gasteiger partial charge >= 0.3 is 31.5 Å². The number of alkyl halides is 6. The second-order valence-electron chi connectivity index (χ2n) is 20.4. The molecule has 0 unspecified atom stereocenters. The van der Waals surface area contributed by atoms with Gasteiger partial charge in [-0.05, 0) is 89.1 Å². The van der Waals surface area contributed by atoms with Crippen LogP contribution in [0.2, 0.25) is 0 Å². The normalized spacial score (nSPS) is 18.4. The van der Waals surface area contributed by atoms with E-state index in [9.17, 15) is 45.5 Å². The molecule has 5 aliphatic rings. The summed E-state index contributed by atoms with van der Waals surface area (Å²) in [6.07, 6.45) is -4.99.